The van der Waals surface area contributed by atoms with Crippen LogP contribution in [0.15, 0.2) is 42.5 Å². The first kappa shape index (κ1) is 13.7. The van der Waals surface area contributed by atoms with Crippen LogP contribution in [-0.2, 0) is 12.8 Å². The van der Waals surface area contributed by atoms with Gasteiger partial charge in [-0.25, -0.2) is 8.78 Å². The molecule has 0 spiro atoms. The summed E-state index contributed by atoms with van der Waals surface area (Å²) in [5.74, 6) is -1.13. The molecule has 0 aromatic heterocycles. The van der Waals surface area contributed by atoms with Gasteiger partial charge in [-0.3, -0.25) is 0 Å². The summed E-state index contributed by atoms with van der Waals surface area (Å²) < 4.78 is 26.3. The highest BCUT2D eigenvalue weighted by Gasteiger charge is 2.11. The predicted molar refractivity (Wildman–Crippen MR) is 72.8 cm³/mol. The van der Waals surface area contributed by atoms with Gasteiger partial charge in [0.1, 0.15) is 11.6 Å². The second-order valence-electron chi connectivity index (χ2n) is 4.64. The van der Waals surface area contributed by atoms with Crippen LogP contribution in [0, 0.1) is 11.6 Å². The van der Waals surface area contributed by atoms with Crippen LogP contribution in [0.3, 0.4) is 0 Å². The van der Waals surface area contributed by atoms with E-state index in [2.05, 4.69) is 6.92 Å². The van der Waals surface area contributed by atoms with Gasteiger partial charge in [0, 0.05) is 12.1 Å². The summed E-state index contributed by atoms with van der Waals surface area (Å²) in [7, 11) is 0. The fraction of sp³-hybridized carbons (Fsp3) is 0.250. The van der Waals surface area contributed by atoms with Crippen LogP contribution < -0.4 is 5.73 Å². The molecule has 0 fully saturated rings. The van der Waals surface area contributed by atoms with Crippen LogP contribution in [0.4, 0.5) is 8.78 Å². The summed E-state index contributed by atoms with van der Waals surface area (Å²) in [4.78, 5) is 0. The molecular formula is C16H17F2N. The van der Waals surface area contributed by atoms with Gasteiger partial charge in [-0.1, -0.05) is 31.2 Å². The van der Waals surface area contributed by atoms with Crippen LogP contribution in [0.2, 0.25) is 0 Å². The molecule has 1 unspecified atom stereocenters. The van der Waals surface area contributed by atoms with Crippen LogP contribution in [-0.4, -0.2) is 0 Å². The Balaban J connectivity index is 2.22. The molecule has 0 aliphatic carbocycles. The standard InChI is InChI=1S/C16H17F2N/c1-2-12-5-3-4-6-15(12)16(19)9-11-7-13(17)10-14(18)8-11/h3-8,10,16H,2,9,19H2,1H3. The summed E-state index contributed by atoms with van der Waals surface area (Å²) in [5, 5.41) is 0. The van der Waals surface area contributed by atoms with Gasteiger partial charge in [-0.2, -0.15) is 0 Å². The van der Waals surface area contributed by atoms with Crippen molar-refractivity contribution in [1.29, 1.82) is 0 Å². The molecule has 1 nitrogen and oxygen atoms in total. The van der Waals surface area contributed by atoms with Gasteiger partial charge in [-0.05, 0) is 41.7 Å². The maximum Gasteiger partial charge on any atom is 0.126 e. The number of benzene rings is 2. The molecule has 0 bridgehead atoms. The molecule has 0 aliphatic heterocycles. The van der Waals surface area contributed by atoms with Gasteiger partial charge in [0.2, 0.25) is 0 Å². The first-order chi connectivity index (χ1) is 9.10. The lowest BCUT2D eigenvalue weighted by molar-refractivity contribution is 0.576. The van der Waals surface area contributed by atoms with Gasteiger partial charge in [0.25, 0.3) is 0 Å². The van der Waals surface area contributed by atoms with E-state index in [1.54, 1.807) is 0 Å². The van der Waals surface area contributed by atoms with Crippen molar-refractivity contribution in [3.8, 4) is 0 Å². The predicted octanol–water partition coefficient (Wildman–Crippen LogP) is 3.77. The van der Waals surface area contributed by atoms with Crippen molar-refractivity contribution in [3.05, 3.63) is 70.8 Å². The summed E-state index contributed by atoms with van der Waals surface area (Å²) in [5.41, 5.74) is 8.95. The maximum absolute atomic E-state index is 13.1. The molecule has 0 aliphatic rings. The van der Waals surface area contributed by atoms with Crippen molar-refractivity contribution in [1.82, 2.24) is 0 Å². The third-order valence-corrected chi connectivity index (χ3v) is 3.21. The monoisotopic (exact) mass is 261 g/mol. The fourth-order valence-corrected chi connectivity index (χ4v) is 2.31. The van der Waals surface area contributed by atoms with E-state index >= 15 is 0 Å². The normalized spacial score (nSPS) is 12.4. The van der Waals surface area contributed by atoms with Gasteiger partial charge in [0.05, 0.1) is 0 Å². The van der Waals surface area contributed by atoms with E-state index in [0.717, 1.165) is 18.1 Å². The van der Waals surface area contributed by atoms with Gasteiger partial charge < -0.3 is 5.73 Å². The van der Waals surface area contributed by atoms with Crippen molar-refractivity contribution >= 4 is 0 Å². The molecule has 100 valence electrons. The summed E-state index contributed by atoms with van der Waals surface area (Å²) in [6.45, 7) is 2.06. The first-order valence-electron chi connectivity index (χ1n) is 6.38. The molecule has 2 aromatic carbocycles. The number of aryl methyl sites for hydroxylation is 1. The van der Waals surface area contributed by atoms with E-state index in [-0.39, 0.29) is 6.04 Å². The molecule has 0 saturated heterocycles. The lowest BCUT2D eigenvalue weighted by Gasteiger charge is -2.16. The topological polar surface area (TPSA) is 26.0 Å². The third kappa shape index (κ3) is 3.38. The van der Waals surface area contributed by atoms with Gasteiger partial charge in [0.15, 0.2) is 0 Å². The zero-order valence-electron chi connectivity index (χ0n) is 10.9. The number of rotatable bonds is 4. The van der Waals surface area contributed by atoms with Crippen molar-refractivity contribution in [2.75, 3.05) is 0 Å². The highest BCUT2D eigenvalue weighted by molar-refractivity contribution is 5.31. The van der Waals surface area contributed by atoms with E-state index in [0.29, 0.717) is 12.0 Å². The molecule has 0 heterocycles. The molecule has 2 N–H and O–H groups in total. The quantitative estimate of drug-likeness (QED) is 0.890. The minimum atomic E-state index is -0.564. The van der Waals surface area contributed by atoms with E-state index in [4.69, 9.17) is 5.73 Å². The molecule has 1 atom stereocenters. The van der Waals surface area contributed by atoms with E-state index in [9.17, 15) is 8.78 Å². The number of halogens is 2. The average molecular weight is 261 g/mol. The molecule has 2 aromatic rings. The van der Waals surface area contributed by atoms with E-state index in [1.807, 2.05) is 24.3 Å². The average Bonchev–Trinajstić information content (AvgIpc) is 2.37. The van der Waals surface area contributed by atoms with Crippen LogP contribution in [0.25, 0.3) is 0 Å². The SMILES string of the molecule is CCc1ccccc1C(N)Cc1cc(F)cc(F)c1. The molecule has 3 heteroatoms. The van der Waals surface area contributed by atoms with Gasteiger partial charge in [-0.15, -0.1) is 0 Å². The minimum Gasteiger partial charge on any atom is -0.324 e. The second-order valence-corrected chi connectivity index (χ2v) is 4.64. The highest BCUT2D eigenvalue weighted by Crippen LogP contribution is 2.21. The van der Waals surface area contributed by atoms with Crippen molar-refractivity contribution < 1.29 is 8.78 Å². The first-order valence-corrected chi connectivity index (χ1v) is 6.38. The number of nitrogens with two attached hydrogens (primary N) is 1. The Bertz CT molecular complexity index is 546. The Labute approximate surface area is 112 Å². The Morgan fingerprint density at radius 2 is 1.68 bits per heavy atom. The van der Waals surface area contributed by atoms with E-state index in [1.165, 1.54) is 17.7 Å². The largest absolute Gasteiger partial charge is 0.324 e. The molecule has 19 heavy (non-hydrogen) atoms. The Kier molecular flexibility index (Phi) is 4.27. The molecular weight excluding hydrogens is 244 g/mol. The van der Waals surface area contributed by atoms with Crippen molar-refractivity contribution in [2.45, 2.75) is 25.8 Å². The van der Waals surface area contributed by atoms with Crippen molar-refractivity contribution in [2.24, 2.45) is 5.73 Å². The smallest absolute Gasteiger partial charge is 0.126 e. The van der Waals surface area contributed by atoms with Crippen LogP contribution in [0.5, 0.6) is 0 Å². The van der Waals surface area contributed by atoms with Crippen LogP contribution >= 0.6 is 0 Å². The van der Waals surface area contributed by atoms with Crippen LogP contribution in [0.1, 0.15) is 29.7 Å². The van der Waals surface area contributed by atoms with E-state index < -0.39 is 11.6 Å². The molecule has 0 radical (unpaired) electrons. The Hall–Kier alpha value is -1.74. The lowest BCUT2D eigenvalue weighted by Crippen LogP contribution is -2.15. The van der Waals surface area contributed by atoms with Gasteiger partial charge >= 0.3 is 0 Å². The minimum absolute atomic E-state index is 0.252. The highest BCUT2D eigenvalue weighted by atomic mass is 19.1. The van der Waals surface area contributed by atoms with Crippen molar-refractivity contribution in [3.63, 3.8) is 0 Å². The zero-order valence-corrected chi connectivity index (χ0v) is 10.9. The number of hydrogen-bond acceptors (Lipinski definition) is 1. The zero-order chi connectivity index (χ0) is 13.8. The lowest BCUT2D eigenvalue weighted by atomic mass is 9.94. The molecule has 0 saturated carbocycles. The summed E-state index contributed by atoms with van der Waals surface area (Å²) in [6.07, 6.45) is 1.31. The molecule has 0 amide bonds. The summed E-state index contributed by atoms with van der Waals surface area (Å²) >= 11 is 0. The number of hydrogen-bond donors (Lipinski definition) is 1. The summed E-state index contributed by atoms with van der Waals surface area (Å²) in [6, 6.07) is 11.2. The third-order valence-electron chi connectivity index (χ3n) is 3.21. The Morgan fingerprint density at radius 1 is 1.05 bits per heavy atom. The Morgan fingerprint density at radius 3 is 2.32 bits per heavy atom. The maximum atomic E-state index is 13.1. The molecule has 2 rings (SSSR count). The fourth-order valence-electron chi connectivity index (χ4n) is 2.31. The second kappa shape index (κ2) is 5.93.